The van der Waals surface area contributed by atoms with E-state index in [1.54, 1.807) is 12.2 Å². The highest BCUT2D eigenvalue weighted by molar-refractivity contribution is 5.97. The zero-order valence-corrected chi connectivity index (χ0v) is 5.73. The van der Waals surface area contributed by atoms with Crippen molar-refractivity contribution in [2.75, 3.05) is 0 Å². The number of carbonyl (C=O) groups excluding carboxylic acids is 1. The van der Waals surface area contributed by atoms with E-state index in [1.165, 1.54) is 0 Å². The minimum absolute atomic E-state index is 0.170. The number of rotatable bonds is 0. The Labute approximate surface area is 63.1 Å². The molecule has 0 unspecified atom stereocenters. The molecular formula is C7H7NO3. The van der Waals surface area contributed by atoms with Gasteiger partial charge in [-0.3, -0.25) is 4.79 Å². The van der Waals surface area contributed by atoms with Gasteiger partial charge in [0.25, 0.3) is 0 Å². The molecule has 2 amide bonds. The van der Waals surface area contributed by atoms with Crippen molar-refractivity contribution in [3.63, 3.8) is 0 Å². The molecule has 0 saturated carbocycles. The number of likely N-dealkylation sites (tertiary alicyclic amines) is 1. The Kier molecular flexibility index (Phi) is 1.07. The van der Waals surface area contributed by atoms with Crippen molar-refractivity contribution in [2.45, 2.75) is 12.5 Å². The van der Waals surface area contributed by atoms with E-state index >= 15 is 0 Å². The molecule has 4 nitrogen and oxygen atoms in total. The first-order chi connectivity index (χ1) is 5.20. The van der Waals surface area contributed by atoms with Crippen LogP contribution in [-0.4, -0.2) is 28.0 Å². The molecule has 1 saturated heterocycles. The van der Waals surface area contributed by atoms with Crippen LogP contribution in [0.15, 0.2) is 12.2 Å². The van der Waals surface area contributed by atoms with Gasteiger partial charge in [0.05, 0.1) is 12.0 Å². The van der Waals surface area contributed by atoms with Crippen molar-refractivity contribution < 1.29 is 14.7 Å². The van der Waals surface area contributed by atoms with Crippen LogP contribution in [0.5, 0.6) is 0 Å². The summed E-state index contributed by atoms with van der Waals surface area (Å²) in [5.41, 5.74) is 0. The Hall–Kier alpha value is -1.32. The van der Waals surface area contributed by atoms with Crippen LogP contribution >= 0.6 is 0 Å². The summed E-state index contributed by atoms with van der Waals surface area (Å²) in [6.07, 6.45) is 3.07. The fraction of sp³-hybridized carbons (Fsp3) is 0.429. The van der Waals surface area contributed by atoms with Crippen molar-refractivity contribution >= 4 is 12.0 Å². The summed E-state index contributed by atoms with van der Waals surface area (Å²) in [6.45, 7) is 0. The van der Waals surface area contributed by atoms with Crippen molar-refractivity contribution in [2.24, 2.45) is 5.92 Å². The number of carbonyl (C=O) groups is 2. The second-order valence-corrected chi connectivity index (χ2v) is 2.79. The molecule has 2 bridgehead atoms. The second-order valence-electron chi connectivity index (χ2n) is 2.79. The van der Waals surface area contributed by atoms with E-state index in [2.05, 4.69) is 0 Å². The second kappa shape index (κ2) is 1.84. The van der Waals surface area contributed by atoms with Crippen LogP contribution in [0, 0.1) is 5.92 Å². The third-order valence-electron chi connectivity index (χ3n) is 2.15. The molecule has 1 N–H and O–H groups in total. The lowest BCUT2D eigenvalue weighted by Gasteiger charge is -2.17. The summed E-state index contributed by atoms with van der Waals surface area (Å²) in [4.78, 5) is 22.5. The quantitative estimate of drug-likeness (QED) is 0.514. The maximum atomic E-state index is 11.1. The first kappa shape index (κ1) is 6.39. The van der Waals surface area contributed by atoms with Gasteiger partial charge >= 0.3 is 6.09 Å². The van der Waals surface area contributed by atoms with E-state index in [1.807, 2.05) is 0 Å². The van der Waals surface area contributed by atoms with Crippen LogP contribution in [-0.2, 0) is 4.79 Å². The lowest BCUT2D eigenvalue weighted by Crippen LogP contribution is -2.38. The van der Waals surface area contributed by atoms with Gasteiger partial charge in [-0.15, -0.1) is 0 Å². The van der Waals surface area contributed by atoms with Gasteiger partial charge in [0.1, 0.15) is 0 Å². The molecule has 0 radical (unpaired) electrons. The molecule has 4 heteroatoms. The normalized spacial score (nSPS) is 33.5. The number of hydrogen-bond acceptors (Lipinski definition) is 2. The van der Waals surface area contributed by atoms with Crippen LogP contribution < -0.4 is 0 Å². The zero-order valence-electron chi connectivity index (χ0n) is 5.73. The molecule has 2 atom stereocenters. The Morgan fingerprint density at radius 2 is 2.36 bits per heavy atom. The van der Waals surface area contributed by atoms with Crippen LogP contribution in [0.2, 0.25) is 0 Å². The average Bonchev–Trinajstić information content (AvgIpc) is 2.44. The summed E-state index contributed by atoms with van der Waals surface area (Å²) in [6, 6.07) is -0.190. The van der Waals surface area contributed by atoms with Crippen LogP contribution in [0.4, 0.5) is 4.79 Å². The molecule has 0 spiro atoms. The van der Waals surface area contributed by atoms with E-state index in [-0.39, 0.29) is 17.9 Å². The minimum Gasteiger partial charge on any atom is -0.465 e. The molecule has 0 aromatic carbocycles. The summed E-state index contributed by atoms with van der Waals surface area (Å²) in [5.74, 6) is -0.443. The van der Waals surface area contributed by atoms with Gasteiger partial charge in [0.2, 0.25) is 5.91 Å². The van der Waals surface area contributed by atoms with Crippen molar-refractivity contribution in [3.8, 4) is 0 Å². The third kappa shape index (κ3) is 0.691. The highest BCUT2D eigenvalue weighted by Gasteiger charge is 2.44. The summed E-state index contributed by atoms with van der Waals surface area (Å²) in [5, 5.41) is 8.58. The molecule has 1 aliphatic carbocycles. The van der Waals surface area contributed by atoms with Gasteiger partial charge in [0, 0.05) is 0 Å². The summed E-state index contributed by atoms with van der Waals surface area (Å²) < 4.78 is 0. The molecule has 11 heavy (non-hydrogen) atoms. The van der Waals surface area contributed by atoms with E-state index in [4.69, 9.17) is 5.11 Å². The molecule has 1 heterocycles. The van der Waals surface area contributed by atoms with Crippen molar-refractivity contribution in [1.29, 1.82) is 0 Å². The minimum atomic E-state index is -1.13. The highest BCUT2D eigenvalue weighted by Crippen LogP contribution is 2.32. The maximum Gasteiger partial charge on any atom is 0.414 e. The Morgan fingerprint density at radius 1 is 1.64 bits per heavy atom. The summed E-state index contributed by atoms with van der Waals surface area (Å²) >= 11 is 0. The molecule has 0 aromatic rings. The van der Waals surface area contributed by atoms with Gasteiger partial charge in [-0.25, -0.2) is 9.69 Å². The largest absolute Gasteiger partial charge is 0.465 e. The summed E-state index contributed by atoms with van der Waals surface area (Å²) in [7, 11) is 0. The predicted molar refractivity (Wildman–Crippen MR) is 35.9 cm³/mol. The molecule has 1 fully saturated rings. The SMILES string of the molecule is O=C(O)N1C(=O)[C@@H]2C=C[C@H]1C2. The fourth-order valence-corrected chi connectivity index (χ4v) is 1.63. The fourth-order valence-electron chi connectivity index (χ4n) is 1.63. The maximum absolute atomic E-state index is 11.1. The number of amides is 2. The number of imide groups is 1. The third-order valence-corrected chi connectivity index (χ3v) is 2.15. The first-order valence-electron chi connectivity index (χ1n) is 3.44. The van der Waals surface area contributed by atoms with E-state index < -0.39 is 6.09 Å². The highest BCUT2D eigenvalue weighted by atomic mass is 16.4. The number of fused-ring (bicyclic) bond motifs is 2. The van der Waals surface area contributed by atoms with Crippen LogP contribution in [0.1, 0.15) is 6.42 Å². The van der Waals surface area contributed by atoms with Gasteiger partial charge in [0.15, 0.2) is 0 Å². The number of carboxylic acid groups (broad SMARTS) is 1. The Bertz CT molecular complexity index is 258. The van der Waals surface area contributed by atoms with E-state index in [0.717, 1.165) is 4.90 Å². The Morgan fingerprint density at radius 3 is 2.73 bits per heavy atom. The zero-order chi connectivity index (χ0) is 8.01. The van der Waals surface area contributed by atoms with Gasteiger partial charge < -0.3 is 5.11 Å². The van der Waals surface area contributed by atoms with Gasteiger partial charge in [-0.1, -0.05) is 12.2 Å². The van der Waals surface area contributed by atoms with Crippen molar-refractivity contribution in [1.82, 2.24) is 4.90 Å². The predicted octanol–water partition coefficient (Wildman–Crippen LogP) is 0.451. The molecular weight excluding hydrogens is 146 g/mol. The Balaban J connectivity index is 2.32. The number of hydrogen-bond donors (Lipinski definition) is 1. The molecule has 2 rings (SSSR count). The van der Waals surface area contributed by atoms with E-state index in [9.17, 15) is 9.59 Å². The molecule has 1 aliphatic heterocycles. The average molecular weight is 153 g/mol. The van der Waals surface area contributed by atoms with Gasteiger partial charge in [-0.05, 0) is 6.42 Å². The van der Waals surface area contributed by atoms with E-state index in [0.29, 0.717) is 6.42 Å². The monoisotopic (exact) mass is 153 g/mol. The van der Waals surface area contributed by atoms with Crippen LogP contribution in [0.25, 0.3) is 0 Å². The smallest absolute Gasteiger partial charge is 0.414 e. The molecule has 58 valence electrons. The van der Waals surface area contributed by atoms with Gasteiger partial charge in [-0.2, -0.15) is 0 Å². The lowest BCUT2D eigenvalue weighted by atomic mass is 10.1. The number of nitrogens with zero attached hydrogens (tertiary/aromatic N) is 1. The molecule has 2 aliphatic rings. The van der Waals surface area contributed by atoms with Crippen molar-refractivity contribution in [3.05, 3.63) is 12.2 Å². The molecule has 0 aromatic heterocycles. The lowest BCUT2D eigenvalue weighted by molar-refractivity contribution is -0.128. The standard InChI is InChI=1S/C7H7NO3/c9-6-4-1-2-5(3-4)8(6)7(10)11/h1-2,4-5H,3H2,(H,10,11)/t4-,5+/m1/s1. The van der Waals surface area contributed by atoms with Crippen LogP contribution in [0.3, 0.4) is 0 Å². The topological polar surface area (TPSA) is 57.6 Å². The first-order valence-corrected chi connectivity index (χ1v) is 3.44.